The fourth-order valence-corrected chi connectivity index (χ4v) is 3.89. The average molecular weight is 459 g/mol. The number of hydrogen-bond acceptors (Lipinski definition) is 4. The van der Waals surface area contributed by atoms with Gasteiger partial charge in [0.2, 0.25) is 0 Å². The van der Waals surface area contributed by atoms with Crippen LogP contribution in [0.15, 0.2) is 36.4 Å². The summed E-state index contributed by atoms with van der Waals surface area (Å²) >= 11 is 6.40. The molecule has 172 valence electrons. The molecule has 32 heavy (non-hydrogen) atoms. The number of carbonyl (C=O) groups excluding carboxylic acids is 2. The van der Waals surface area contributed by atoms with Gasteiger partial charge in [0.05, 0.1) is 18.2 Å². The quantitative estimate of drug-likeness (QED) is 0.504. The molecule has 0 aliphatic carbocycles. The molecule has 1 aliphatic rings. The Bertz CT molecular complexity index is 942. The molecular weight excluding hydrogens is 428 g/mol. The number of nitrogens with one attached hydrogen (secondary N) is 1. The Morgan fingerprint density at radius 3 is 2.56 bits per heavy atom. The zero-order valence-electron chi connectivity index (χ0n) is 18.8. The molecule has 2 amide bonds. The molecule has 1 fully saturated rings. The van der Waals surface area contributed by atoms with E-state index in [1.165, 1.54) is 0 Å². The topological polar surface area (TPSA) is 67.9 Å². The first kappa shape index (κ1) is 23.9. The SMILES string of the molecule is CCCCOc1c(Cl)cc(C(=O)NCc2cccc(C(=O)N3CCCC3)c2)cc1OCC. The van der Waals surface area contributed by atoms with Crippen LogP contribution in [0.25, 0.3) is 0 Å². The van der Waals surface area contributed by atoms with E-state index in [0.29, 0.717) is 47.4 Å². The lowest BCUT2D eigenvalue weighted by atomic mass is 10.1. The van der Waals surface area contributed by atoms with Gasteiger partial charge < -0.3 is 19.7 Å². The number of ether oxygens (including phenoxy) is 2. The predicted molar refractivity (Wildman–Crippen MR) is 126 cm³/mol. The number of nitrogens with zero attached hydrogens (tertiary/aromatic N) is 1. The summed E-state index contributed by atoms with van der Waals surface area (Å²) in [6, 6.07) is 10.6. The van der Waals surface area contributed by atoms with Crippen LogP contribution in [-0.2, 0) is 6.54 Å². The van der Waals surface area contributed by atoms with Gasteiger partial charge in [-0.15, -0.1) is 0 Å². The van der Waals surface area contributed by atoms with E-state index in [2.05, 4.69) is 12.2 Å². The molecule has 1 N–H and O–H groups in total. The van der Waals surface area contributed by atoms with Gasteiger partial charge in [-0.3, -0.25) is 9.59 Å². The summed E-state index contributed by atoms with van der Waals surface area (Å²) in [6.07, 6.45) is 4.02. The summed E-state index contributed by atoms with van der Waals surface area (Å²) in [6.45, 7) is 6.84. The monoisotopic (exact) mass is 458 g/mol. The third-order valence-electron chi connectivity index (χ3n) is 5.34. The summed E-state index contributed by atoms with van der Waals surface area (Å²) in [5.74, 6) is 0.692. The number of benzene rings is 2. The number of likely N-dealkylation sites (tertiary alicyclic amines) is 1. The average Bonchev–Trinajstić information content (AvgIpc) is 3.34. The second-order valence-electron chi connectivity index (χ2n) is 7.80. The van der Waals surface area contributed by atoms with Crippen molar-refractivity contribution in [2.75, 3.05) is 26.3 Å². The van der Waals surface area contributed by atoms with E-state index < -0.39 is 0 Å². The van der Waals surface area contributed by atoms with Crippen molar-refractivity contribution in [2.45, 2.75) is 46.1 Å². The highest BCUT2D eigenvalue weighted by Crippen LogP contribution is 2.37. The van der Waals surface area contributed by atoms with Crippen LogP contribution in [0.2, 0.25) is 5.02 Å². The Kier molecular flexibility index (Phi) is 8.80. The van der Waals surface area contributed by atoms with Crippen molar-refractivity contribution in [2.24, 2.45) is 0 Å². The molecule has 0 spiro atoms. The van der Waals surface area contributed by atoms with Crippen LogP contribution >= 0.6 is 11.6 Å². The molecular formula is C25H31ClN2O4. The van der Waals surface area contributed by atoms with Crippen molar-refractivity contribution in [3.63, 3.8) is 0 Å². The van der Waals surface area contributed by atoms with Gasteiger partial charge in [0.15, 0.2) is 11.5 Å². The van der Waals surface area contributed by atoms with E-state index in [-0.39, 0.29) is 11.8 Å². The van der Waals surface area contributed by atoms with E-state index in [9.17, 15) is 9.59 Å². The first-order valence-corrected chi connectivity index (χ1v) is 11.7. The van der Waals surface area contributed by atoms with Crippen molar-refractivity contribution >= 4 is 23.4 Å². The maximum Gasteiger partial charge on any atom is 0.253 e. The number of carbonyl (C=O) groups is 2. The van der Waals surface area contributed by atoms with E-state index in [4.69, 9.17) is 21.1 Å². The molecule has 1 heterocycles. The zero-order chi connectivity index (χ0) is 22.9. The summed E-state index contributed by atoms with van der Waals surface area (Å²) < 4.78 is 11.4. The van der Waals surface area contributed by atoms with Gasteiger partial charge in [0.1, 0.15) is 0 Å². The molecule has 0 atom stereocenters. The lowest BCUT2D eigenvalue weighted by Gasteiger charge is -2.16. The minimum atomic E-state index is -0.274. The van der Waals surface area contributed by atoms with Crippen molar-refractivity contribution in [1.82, 2.24) is 10.2 Å². The molecule has 2 aromatic carbocycles. The van der Waals surface area contributed by atoms with Crippen LogP contribution in [0.3, 0.4) is 0 Å². The minimum absolute atomic E-state index is 0.0440. The lowest BCUT2D eigenvalue weighted by molar-refractivity contribution is 0.0792. The number of hydrogen-bond donors (Lipinski definition) is 1. The largest absolute Gasteiger partial charge is 0.490 e. The molecule has 0 aromatic heterocycles. The zero-order valence-corrected chi connectivity index (χ0v) is 19.5. The van der Waals surface area contributed by atoms with Gasteiger partial charge in [0, 0.05) is 30.8 Å². The van der Waals surface area contributed by atoms with E-state index in [0.717, 1.165) is 44.3 Å². The fraction of sp³-hybridized carbons (Fsp3) is 0.440. The minimum Gasteiger partial charge on any atom is -0.490 e. The van der Waals surface area contributed by atoms with Gasteiger partial charge in [-0.1, -0.05) is 37.1 Å². The van der Waals surface area contributed by atoms with Crippen LogP contribution in [0.1, 0.15) is 65.8 Å². The number of rotatable bonds is 10. The molecule has 3 rings (SSSR count). The maximum atomic E-state index is 12.8. The van der Waals surface area contributed by atoms with Crippen LogP contribution in [0.5, 0.6) is 11.5 Å². The van der Waals surface area contributed by atoms with Crippen LogP contribution in [0.4, 0.5) is 0 Å². The third kappa shape index (κ3) is 6.16. The molecule has 0 unspecified atom stereocenters. The number of halogens is 1. The molecule has 6 nitrogen and oxygen atoms in total. The predicted octanol–water partition coefficient (Wildman–Crippen LogP) is 5.08. The number of unbranched alkanes of at least 4 members (excludes halogenated alkanes) is 1. The highest BCUT2D eigenvalue weighted by molar-refractivity contribution is 6.32. The highest BCUT2D eigenvalue weighted by Gasteiger charge is 2.20. The summed E-state index contributed by atoms with van der Waals surface area (Å²) in [5.41, 5.74) is 1.90. The van der Waals surface area contributed by atoms with Crippen molar-refractivity contribution < 1.29 is 19.1 Å². The van der Waals surface area contributed by atoms with E-state index >= 15 is 0 Å². The van der Waals surface area contributed by atoms with Gasteiger partial charge >= 0.3 is 0 Å². The normalized spacial score (nSPS) is 13.2. The first-order valence-electron chi connectivity index (χ1n) is 11.3. The van der Waals surface area contributed by atoms with Gasteiger partial charge in [-0.25, -0.2) is 0 Å². The Hall–Kier alpha value is -2.73. The smallest absolute Gasteiger partial charge is 0.253 e. The van der Waals surface area contributed by atoms with Crippen molar-refractivity contribution in [1.29, 1.82) is 0 Å². The fourth-order valence-electron chi connectivity index (χ4n) is 3.62. The summed E-state index contributed by atoms with van der Waals surface area (Å²) in [7, 11) is 0. The van der Waals surface area contributed by atoms with Crippen LogP contribution in [0, 0.1) is 0 Å². The van der Waals surface area contributed by atoms with E-state index in [1.54, 1.807) is 12.1 Å². The van der Waals surface area contributed by atoms with Crippen LogP contribution in [-0.4, -0.2) is 43.0 Å². The van der Waals surface area contributed by atoms with Crippen molar-refractivity contribution in [3.8, 4) is 11.5 Å². The third-order valence-corrected chi connectivity index (χ3v) is 5.62. The van der Waals surface area contributed by atoms with E-state index in [1.807, 2.05) is 36.1 Å². The summed E-state index contributed by atoms with van der Waals surface area (Å²) in [5, 5.41) is 3.24. The van der Waals surface area contributed by atoms with Crippen LogP contribution < -0.4 is 14.8 Å². The molecule has 2 aromatic rings. The second-order valence-corrected chi connectivity index (χ2v) is 8.21. The van der Waals surface area contributed by atoms with Gasteiger partial charge in [-0.2, -0.15) is 0 Å². The summed E-state index contributed by atoms with van der Waals surface area (Å²) in [4.78, 5) is 27.3. The lowest BCUT2D eigenvalue weighted by Crippen LogP contribution is -2.28. The highest BCUT2D eigenvalue weighted by atomic mass is 35.5. The molecule has 1 aliphatic heterocycles. The first-order chi connectivity index (χ1) is 15.5. The molecule has 0 bridgehead atoms. The number of amides is 2. The molecule has 1 saturated heterocycles. The second kappa shape index (κ2) is 11.8. The van der Waals surface area contributed by atoms with Gasteiger partial charge in [0.25, 0.3) is 11.8 Å². The molecule has 7 heteroatoms. The Morgan fingerprint density at radius 2 is 1.84 bits per heavy atom. The Balaban J connectivity index is 1.68. The molecule has 0 saturated carbocycles. The Labute approximate surface area is 194 Å². The van der Waals surface area contributed by atoms with Crippen molar-refractivity contribution in [3.05, 3.63) is 58.1 Å². The molecule has 0 radical (unpaired) electrons. The maximum absolute atomic E-state index is 12.8. The standard InChI is InChI=1S/C25H31ClN2O4/c1-3-5-13-32-23-21(26)15-20(16-22(23)31-4-2)24(29)27-17-18-9-8-10-19(14-18)25(30)28-11-6-7-12-28/h8-10,14-16H,3-7,11-13,17H2,1-2H3,(H,27,29). The van der Waals surface area contributed by atoms with Gasteiger partial charge in [-0.05, 0) is 56.0 Å². The Morgan fingerprint density at radius 1 is 1.06 bits per heavy atom.